The minimum atomic E-state index is -3.53. The molecular weight excluding hydrogens is 433 g/mol. The zero-order valence-corrected chi connectivity index (χ0v) is 17.1. The van der Waals surface area contributed by atoms with Crippen LogP contribution in [-0.2, 0) is 15.1 Å². The third-order valence-corrected chi connectivity index (χ3v) is 4.57. The lowest BCUT2D eigenvalue weighted by molar-refractivity contribution is -0.122. The highest BCUT2D eigenvalue weighted by molar-refractivity contribution is 6.02. The molecule has 0 saturated carbocycles. The van der Waals surface area contributed by atoms with Crippen LogP contribution in [0.15, 0.2) is 41.5 Å². The van der Waals surface area contributed by atoms with Gasteiger partial charge in [0.1, 0.15) is 36.3 Å². The van der Waals surface area contributed by atoms with Crippen LogP contribution < -0.4 is 15.8 Å². The van der Waals surface area contributed by atoms with Gasteiger partial charge in [0.05, 0.1) is 13.3 Å². The molecule has 1 aromatic heterocycles. The number of rotatable bonds is 4. The number of benzene rings is 1. The molecule has 2 aromatic rings. The Bertz CT molecular complexity index is 1000. The molecule has 172 valence electrons. The number of nitrogens with two attached hydrogens (primary N) is 1. The summed E-state index contributed by atoms with van der Waals surface area (Å²) >= 11 is 0. The number of halogens is 3. The average molecular weight is 454 g/mol. The first-order chi connectivity index (χ1) is 15.1. The number of nitrogens with zero attached hydrogens (tertiary/aromatic N) is 2. The fraction of sp³-hybridized carbons (Fsp3) is 0.300. The van der Waals surface area contributed by atoms with Crippen LogP contribution in [0.3, 0.4) is 0 Å². The second-order valence-corrected chi connectivity index (χ2v) is 6.71. The van der Waals surface area contributed by atoms with Gasteiger partial charge in [0.2, 0.25) is 0 Å². The first-order valence-electron chi connectivity index (χ1n) is 9.07. The molecule has 32 heavy (non-hydrogen) atoms. The van der Waals surface area contributed by atoms with Gasteiger partial charge in [0.25, 0.3) is 18.3 Å². The summed E-state index contributed by atoms with van der Waals surface area (Å²) < 4.78 is 53.8. The number of carbonyl (C=O) groups is 2. The summed E-state index contributed by atoms with van der Waals surface area (Å²) in [6.45, 7) is -0.435. The molecule has 1 aliphatic rings. The number of hydrogen-bond donors (Lipinski definition) is 3. The molecule has 0 aliphatic carbocycles. The van der Waals surface area contributed by atoms with Crippen LogP contribution in [-0.4, -0.2) is 54.6 Å². The summed E-state index contributed by atoms with van der Waals surface area (Å²) in [6.07, 6.45) is 1.36. The van der Waals surface area contributed by atoms with Crippen molar-refractivity contribution < 1.29 is 37.3 Å². The molecule has 4 N–H and O–H groups in total. The number of ether oxygens (including phenoxy) is 2. The fourth-order valence-electron chi connectivity index (χ4n) is 2.89. The van der Waals surface area contributed by atoms with Gasteiger partial charge in [0.15, 0.2) is 5.54 Å². The Morgan fingerprint density at radius 1 is 1.34 bits per heavy atom. The van der Waals surface area contributed by atoms with Gasteiger partial charge < -0.3 is 25.6 Å². The van der Waals surface area contributed by atoms with Gasteiger partial charge in [-0.3, -0.25) is 14.6 Å². The van der Waals surface area contributed by atoms with Crippen molar-refractivity contribution in [2.24, 2.45) is 10.7 Å². The number of methoxy groups -OCH3 is 1. The molecule has 12 heteroatoms. The predicted octanol–water partition coefficient (Wildman–Crippen LogP) is 2.42. The molecule has 0 spiro atoms. The third-order valence-electron chi connectivity index (χ3n) is 4.57. The van der Waals surface area contributed by atoms with Gasteiger partial charge >= 0.3 is 0 Å². The minimum Gasteiger partial charge on any atom is -0.495 e. The lowest BCUT2D eigenvalue weighted by Crippen LogP contribution is -2.45. The smallest absolute Gasteiger partial charge is 0.299 e. The molecule has 1 aliphatic heterocycles. The Balaban J connectivity index is 0.00000114. The molecule has 2 heterocycles. The first kappa shape index (κ1) is 24.6. The Kier molecular flexibility index (Phi) is 7.76. The van der Waals surface area contributed by atoms with Gasteiger partial charge in [-0.25, -0.2) is 18.2 Å². The predicted molar refractivity (Wildman–Crippen MR) is 109 cm³/mol. The van der Waals surface area contributed by atoms with E-state index in [1.807, 2.05) is 0 Å². The zero-order chi connectivity index (χ0) is 23.9. The number of amidine groups is 1. The molecule has 1 amide bonds. The van der Waals surface area contributed by atoms with E-state index in [1.165, 1.54) is 25.4 Å². The first-order valence-corrected chi connectivity index (χ1v) is 9.07. The van der Waals surface area contributed by atoms with E-state index >= 15 is 0 Å². The normalized spacial score (nSPS) is 19.5. The van der Waals surface area contributed by atoms with Crippen LogP contribution in [0.1, 0.15) is 23.0 Å². The van der Waals surface area contributed by atoms with Gasteiger partial charge in [-0.05, 0) is 37.3 Å². The van der Waals surface area contributed by atoms with Crippen LogP contribution in [0.5, 0.6) is 5.75 Å². The van der Waals surface area contributed by atoms with E-state index < -0.39 is 35.4 Å². The number of carboxylic acid groups (broad SMARTS) is 1. The number of hydrogen-bond acceptors (Lipinski definition) is 7. The second kappa shape index (κ2) is 10.1. The molecule has 0 bridgehead atoms. The van der Waals surface area contributed by atoms with Crippen molar-refractivity contribution in [3.8, 4) is 5.75 Å². The maximum atomic E-state index is 14.7. The van der Waals surface area contributed by atoms with Crippen LogP contribution in [0, 0.1) is 5.82 Å². The number of carbonyl (C=O) groups excluding carboxylic acids is 1. The largest absolute Gasteiger partial charge is 0.495 e. The van der Waals surface area contributed by atoms with Crippen LogP contribution in [0.4, 0.5) is 18.9 Å². The standard InChI is InChI=1S/C19H19F3N4O3.CH2O2/c1-18(19(21,22)10-29-9-16(23)26-18)13-7-11(3-5-14(13)20)25-17(27)15-6-4-12(28-2)8-24-15;2-1-3/h3-8H,9-10H2,1-2H3,(H2,23,26)(H,25,27);1H,(H,2,3)/t18-;/m1./s1. The number of amides is 1. The summed E-state index contributed by atoms with van der Waals surface area (Å²) in [7, 11) is 1.46. The summed E-state index contributed by atoms with van der Waals surface area (Å²) in [4.78, 5) is 28.5. The third kappa shape index (κ3) is 5.32. The number of aromatic nitrogens is 1. The molecular formula is C20H21F3N4O5. The van der Waals surface area contributed by atoms with Gasteiger partial charge in [-0.15, -0.1) is 0 Å². The number of pyridine rings is 1. The van der Waals surface area contributed by atoms with Gasteiger partial charge in [-0.1, -0.05) is 0 Å². The highest BCUT2D eigenvalue weighted by Crippen LogP contribution is 2.44. The summed E-state index contributed by atoms with van der Waals surface area (Å²) in [6, 6.07) is 6.31. The monoisotopic (exact) mass is 454 g/mol. The van der Waals surface area contributed by atoms with Crippen molar-refractivity contribution in [2.75, 3.05) is 25.6 Å². The zero-order valence-electron chi connectivity index (χ0n) is 17.1. The van der Waals surface area contributed by atoms with Crippen molar-refractivity contribution in [3.05, 3.63) is 53.6 Å². The maximum absolute atomic E-state index is 14.7. The number of anilines is 1. The quantitative estimate of drug-likeness (QED) is 0.604. The van der Waals surface area contributed by atoms with E-state index in [-0.39, 0.29) is 30.3 Å². The van der Waals surface area contributed by atoms with E-state index in [1.54, 1.807) is 6.07 Å². The van der Waals surface area contributed by atoms with Crippen molar-refractivity contribution in [1.82, 2.24) is 4.98 Å². The van der Waals surface area contributed by atoms with Crippen LogP contribution in [0.25, 0.3) is 0 Å². The molecule has 0 saturated heterocycles. The maximum Gasteiger partial charge on any atom is 0.299 e. The van der Waals surface area contributed by atoms with E-state index in [0.717, 1.165) is 19.1 Å². The van der Waals surface area contributed by atoms with E-state index in [2.05, 4.69) is 15.3 Å². The molecule has 0 unspecified atom stereocenters. The summed E-state index contributed by atoms with van der Waals surface area (Å²) in [5.41, 5.74) is 3.05. The molecule has 1 aromatic carbocycles. The Labute approximate surface area is 181 Å². The number of nitrogens with one attached hydrogen (secondary N) is 1. The average Bonchev–Trinajstić information content (AvgIpc) is 2.85. The highest BCUT2D eigenvalue weighted by Gasteiger charge is 2.54. The second-order valence-electron chi connectivity index (χ2n) is 6.71. The Hall–Kier alpha value is -3.67. The number of alkyl halides is 2. The van der Waals surface area contributed by atoms with Gasteiger partial charge in [-0.2, -0.15) is 0 Å². The summed E-state index contributed by atoms with van der Waals surface area (Å²) in [5, 5.41) is 9.40. The lowest BCUT2D eigenvalue weighted by atomic mass is 9.85. The molecule has 0 fully saturated rings. The minimum absolute atomic E-state index is 0.0679. The van der Waals surface area contributed by atoms with Crippen molar-refractivity contribution >= 4 is 23.9 Å². The fourth-order valence-corrected chi connectivity index (χ4v) is 2.89. The van der Waals surface area contributed by atoms with E-state index in [0.29, 0.717) is 5.75 Å². The van der Waals surface area contributed by atoms with E-state index in [4.69, 9.17) is 25.1 Å². The van der Waals surface area contributed by atoms with Crippen LogP contribution >= 0.6 is 0 Å². The van der Waals surface area contributed by atoms with Crippen molar-refractivity contribution in [1.29, 1.82) is 0 Å². The number of aliphatic imine (C=N–C) groups is 1. The SMILES string of the molecule is COc1ccc(C(=O)Nc2ccc(F)c([C@@]3(C)N=C(N)COCC3(F)F)c2)nc1.O=CO. The highest BCUT2D eigenvalue weighted by atomic mass is 19.3. The molecule has 1 atom stereocenters. The Morgan fingerprint density at radius 2 is 2.03 bits per heavy atom. The molecule has 3 rings (SSSR count). The van der Waals surface area contributed by atoms with Crippen LogP contribution in [0.2, 0.25) is 0 Å². The Morgan fingerprint density at radius 3 is 2.62 bits per heavy atom. The topological polar surface area (TPSA) is 136 Å². The molecule has 9 nitrogen and oxygen atoms in total. The van der Waals surface area contributed by atoms with Gasteiger partial charge in [0, 0.05) is 11.3 Å². The van der Waals surface area contributed by atoms with Crippen molar-refractivity contribution in [2.45, 2.75) is 18.4 Å². The van der Waals surface area contributed by atoms with E-state index in [9.17, 15) is 18.0 Å². The molecule has 0 radical (unpaired) electrons. The lowest BCUT2D eigenvalue weighted by Gasteiger charge is -2.33. The summed E-state index contributed by atoms with van der Waals surface area (Å²) in [5.74, 6) is -4.76. The van der Waals surface area contributed by atoms with Crippen molar-refractivity contribution in [3.63, 3.8) is 0 Å².